The number of rotatable bonds is 0. The van der Waals surface area contributed by atoms with Crippen molar-refractivity contribution in [3.05, 3.63) is 23.3 Å². The smallest absolute Gasteiger partial charge is 0.348 e. The van der Waals surface area contributed by atoms with Crippen LogP contribution < -0.4 is 4.74 Å². The summed E-state index contributed by atoms with van der Waals surface area (Å²) in [6, 6.07) is 0.544. The van der Waals surface area contributed by atoms with Crippen LogP contribution in [0.3, 0.4) is 0 Å². The van der Waals surface area contributed by atoms with Gasteiger partial charge in [-0.15, -0.1) is 0 Å². The second-order valence-corrected chi connectivity index (χ2v) is 3.79. The Hall–Kier alpha value is -1.85. The lowest BCUT2D eigenvalue weighted by Gasteiger charge is -2.31. The minimum absolute atomic E-state index is 0.403. The van der Waals surface area contributed by atoms with Crippen LogP contribution in [0.25, 0.3) is 0 Å². The quantitative estimate of drug-likeness (QED) is 0.692. The molecule has 0 unspecified atom stereocenters. The van der Waals surface area contributed by atoms with Crippen molar-refractivity contribution in [3.8, 4) is 11.5 Å². The number of hydrogen-bond donors (Lipinski definition) is 1. The first kappa shape index (κ1) is 10.7. The van der Waals surface area contributed by atoms with E-state index < -0.39 is 40.5 Å². The van der Waals surface area contributed by atoms with Crippen LogP contribution in [0.2, 0.25) is 0 Å². The molecule has 1 aromatic carbocycles. The van der Waals surface area contributed by atoms with E-state index in [1.807, 2.05) is 0 Å². The SMILES string of the molecule is CC1(C)OC(=O)c2c(F)c(F)cc(O)c2O1. The lowest BCUT2D eigenvalue weighted by molar-refractivity contribution is -0.129. The van der Waals surface area contributed by atoms with Crippen molar-refractivity contribution in [1.82, 2.24) is 0 Å². The van der Waals surface area contributed by atoms with Gasteiger partial charge in [0.25, 0.3) is 0 Å². The van der Waals surface area contributed by atoms with Gasteiger partial charge >= 0.3 is 5.97 Å². The Morgan fingerprint density at radius 2 is 1.94 bits per heavy atom. The van der Waals surface area contributed by atoms with Crippen LogP contribution in [0.1, 0.15) is 24.2 Å². The highest BCUT2D eigenvalue weighted by Crippen LogP contribution is 2.40. The summed E-state index contributed by atoms with van der Waals surface area (Å²) >= 11 is 0. The number of carbonyl (C=O) groups is 1. The molecule has 1 N–H and O–H groups in total. The fourth-order valence-electron chi connectivity index (χ4n) is 1.42. The average Bonchev–Trinajstić information content (AvgIpc) is 2.12. The molecular weight excluding hydrogens is 222 g/mol. The van der Waals surface area contributed by atoms with Gasteiger partial charge in [-0.1, -0.05) is 0 Å². The maximum Gasteiger partial charge on any atom is 0.348 e. The average molecular weight is 230 g/mol. The third-order valence-corrected chi connectivity index (χ3v) is 2.04. The number of phenols is 1. The number of halogens is 2. The van der Waals surface area contributed by atoms with E-state index in [2.05, 4.69) is 0 Å². The molecule has 0 bridgehead atoms. The number of esters is 1. The molecule has 0 fully saturated rings. The molecule has 1 aliphatic heterocycles. The van der Waals surface area contributed by atoms with Crippen LogP contribution >= 0.6 is 0 Å². The van der Waals surface area contributed by atoms with Gasteiger partial charge in [-0.25, -0.2) is 13.6 Å². The molecule has 6 heteroatoms. The van der Waals surface area contributed by atoms with Crippen LogP contribution in [0.5, 0.6) is 11.5 Å². The molecule has 1 aliphatic rings. The maximum absolute atomic E-state index is 13.3. The number of benzene rings is 1. The normalized spacial score (nSPS) is 17.4. The van der Waals surface area contributed by atoms with Crippen LogP contribution in [-0.2, 0) is 4.74 Å². The summed E-state index contributed by atoms with van der Waals surface area (Å²) in [6.45, 7) is 2.82. The predicted octanol–water partition coefficient (Wildman–Crippen LogP) is 1.96. The fourth-order valence-corrected chi connectivity index (χ4v) is 1.42. The first-order chi connectivity index (χ1) is 7.32. The van der Waals surface area contributed by atoms with E-state index in [4.69, 9.17) is 9.47 Å². The van der Waals surface area contributed by atoms with Crippen LogP contribution in [0, 0.1) is 11.6 Å². The standard InChI is InChI=1S/C10H8F2O4/c1-10(2)15-8-5(13)3-4(11)7(12)6(8)9(14)16-10/h3,13H,1-2H3. The zero-order chi connectivity index (χ0) is 12.1. The number of cyclic esters (lactones) is 1. The van der Waals surface area contributed by atoms with Gasteiger partial charge in [-0.3, -0.25) is 0 Å². The number of aromatic hydroxyl groups is 1. The van der Waals surface area contributed by atoms with Crippen LogP contribution in [-0.4, -0.2) is 16.9 Å². The van der Waals surface area contributed by atoms with Crippen molar-refractivity contribution in [3.63, 3.8) is 0 Å². The molecule has 1 aromatic rings. The topological polar surface area (TPSA) is 55.8 Å². The summed E-state index contributed by atoms with van der Waals surface area (Å²) in [7, 11) is 0. The van der Waals surface area contributed by atoms with Crippen LogP contribution in [0.15, 0.2) is 6.07 Å². The first-order valence-electron chi connectivity index (χ1n) is 4.45. The minimum atomic E-state index is -1.40. The van der Waals surface area contributed by atoms with Crippen molar-refractivity contribution in [2.24, 2.45) is 0 Å². The monoisotopic (exact) mass is 230 g/mol. The van der Waals surface area contributed by atoms with Gasteiger partial charge in [0, 0.05) is 19.9 Å². The van der Waals surface area contributed by atoms with Gasteiger partial charge < -0.3 is 14.6 Å². The summed E-state index contributed by atoms with van der Waals surface area (Å²) in [5.41, 5.74) is -0.725. The molecule has 0 saturated carbocycles. The Bertz CT molecular complexity index is 482. The predicted molar refractivity (Wildman–Crippen MR) is 48.1 cm³/mol. The Balaban J connectivity index is 2.69. The summed E-state index contributed by atoms with van der Waals surface area (Å²) in [4.78, 5) is 11.4. The Morgan fingerprint density at radius 1 is 1.31 bits per heavy atom. The zero-order valence-electron chi connectivity index (χ0n) is 8.51. The van der Waals surface area contributed by atoms with Crippen molar-refractivity contribution >= 4 is 5.97 Å². The van der Waals surface area contributed by atoms with Crippen LogP contribution in [0.4, 0.5) is 8.78 Å². The maximum atomic E-state index is 13.3. The van der Waals surface area contributed by atoms with E-state index in [0.717, 1.165) is 0 Å². The molecule has 0 spiro atoms. The van der Waals surface area contributed by atoms with Crippen molar-refractivity contribution in [2.45, 2.75) is 19.6 Å². The molecule has 0 aliphatic carbocycles. The molecular formula is C10H8F2O4. The molecule has 0 saturated heterocycles. The third kappa shape index (κ3) is 1.46. The number of phenolic OH excluding ortho intramolecular Hbond substituents is 1. The lowest BCUT2D eigenvalue weighted by atomic mass is 10.1. The van der Waals surface area contributed by atoms with E-state index in [9.17, 15) is 18.7 Å². The molecule has 1 heterocycles. The van der Waals surface area contributed by atoms with Crippen molar-refractivity contribution in [2.75, 3.05) is 0 Å². The summed E-state index contributed by atoms with van der Waals surface area (Å²) < 4.78 is 36.0. The molecule has 2 rings (SSSR count). The molecule has 16 heavy (non-hydrogen) atoms. The highest BCUT2D eigenvalue weighted by atomic mass is 19.2. The Morgan fingerprint density at radius 3 is 2.56 bits per heavy atom. The number of ether oxygens (including phenoxy) is 2. The minimum Gasteiger partial charge on any atom is -0.504 e. The number of hydrogen-bond acceptors (Lipinski definition) is 4. The van der Waals surface area contributed by atoms with Gasteiger partial charge in [-0.05, 0) is 0 Å². The van der Waals surface area contributed by atoms with Gasteiger partial charge in [0.1, 0.15) is 5.56 Å². The van der Waals surface area contributed by atoms with E-state index in [0.29, 0.717) is 6.07 Å². The second kappa shape index (κ2) is 3.07. The highest BCUT2D eigenvalue weighted by Gasteiger charge is 2.39. The van der Waals surface area contributed by atoms with E-state index in [-0.39, 0.29) is 0 Å². The van der Waals surface area contributed by atoms with Crippen molar-refractivity contribution in [1.29, 1.82) is 0 Å². The van der Waals surface area contributed by atoms with E-state index in [1.165, 1.54) is 13.8 Å². The third-order valence-electron chi connectivity index (χ3n) is 2.04. The van der Waals surface area contributed by atoms with E-state index >= 15 is 0 Å². The highest BCUT2D eigenvalue weighted by molar-refractivity contribution is 5.95. The lowest BCUT2D eigenvalue weighted by Crippen LogP contribution is -2.39. The molecule has 0 radical (unpaired) electrons. The molecule has 0 aromatic heterocycles. The largest absolute Gasteiger partial charge is 0.504 e. The van der Waals surface area contributed by atoms with Gasteiger partial charge in [0.15, 0.2) is 23.1 Å². The molecule has 86 valence electrons. The summed E-state index contributed by atoms with van der Waals surface area (Å²) in [5.74, 6) is -6.17. The van der Waals surface area contributed by atoms with Gasteiger partial charge in [-0.2, -0.15) is 0 Å². The van der Waals surface area contributed by atoms with Crippen molar-refractivity contribution < 1.29 is 28.2 Å². The molecule has 0 atom stereocenters. The molecule has 0 amide bonds. The molecule has 4 nitrogen and oxygen atoms in total. The van der Waals surface area contributed by atoms with Gasteiger partial charge in [0.2, 0.25) is 5.79 Å². The Kier molecular flexibility index (Phi) is 2.04. The summed E-state index contributed by atoms with van der Waals surface area (Å²) in [5, 5.41) is 9.37. The van der Waals surface area contributed by atoms with Gasteiger partial charge in [0.05, 0.1) is 0 Å². The fraction of sp³-hybridized carbons (Fsp3) is 0.300. The number of carbonyl (C=O) groups excluding carboxylic acids is 1. The number of fused-ring (bicyclic) bond motifs is 1. The second-order valence-electron chi connectivity index (χ2n) is 3.79. The Labute approximate surface area is 89.4 Å². The summed E-state index contributed by atoms with van der Waals surface area (Å²) in [6.07, 6.45) is 0. The van der Waals surface area contributed by atoms with E-state index in [1.54, 1.807) is 0 Å². The first-order valence-corrected chi connectivity index (χ1v) is 4.45. The zero-order valence-corrected chi connectivity index (χ0v) is 8.51.